The van der Waals surface area contributed by atoms with Crippen molar-refractivity contribution in [3.63, 3.8) is 0 Å². The Morgan fingerprint density at radius 3 is 2.88 bits per heavy atom. The molecule has 3 nitrogen and oxygen atoms in total. The van der Waals surface area contributed by atoms with Crippen molar-refractivity contribution >= 4 is 30.2 Å². The van der Waals surface area contributed by atoms with Crippen LogP contribution in [0.25, 0.3) is 0 Å². The van der Waals surface area contributed by atoms with E-state index in [4.69, 9.17) is 9.05 Å². The van der Waals surface area contributed by atoms with Crippen LogP contribution < -0.4 is 4.52 Å². The minimum absolute atomic E-state index is 0.0731. The molecule has 2 unspecified atom stereocenters. The second-order valence-electron chi connectivity index (χ2n) is 3.76. The third-order valence-electron chi connectivity index (χ3n) is 2.43. The maximum atomic E-state index is 12.3. The highest BCUT2D eigenvalue weighted by atomic mass is 127. The molecular formula is C11H14IO3P. The van der Waals surface area contributed by atoms with E-state index < -0.39 is 7.60 Å². The molecule has 1 heterocycles. The predicted molar refractivity (Wildman–Crippen MR) is 72.5 cm³/mol. The summed E-state index contributed by atoms with van der Waals surface area (Å²) in [5.74, 6) is 0.625. The molecule has 0 spiro atoms. The molecule has 0 bridgehead atoms. The molecule has 0 saturated carbocycles. The van der Waals surface area contributed by atoms with Crippen LogP contribution in [0.4, 0.5) is 0 Å². The molecule has 1 aromatic rings. The minimum Gasteiger partial charge on any atom is -0.424 e. The highest BCUT2D eigenvalue weighted by Crippen LogP contribution is 2.53. The summed E-state index contributed by atoms with van der Waals surface area (Å²) < 4.78 is 24.2. The van der Waals surface area contributed by atoms with Crippen molar-refractivity contribution in [3.8, 4) is 5.75 Å². The van der Waals surface area contributed by atoms with Crippen LogP contribution >= 0.6 is 30.2 Å². The van der Waals surface area contributed by atoms with Crippen molar-refractivity contribution in [2.75, 3.05) is 10.6 Å². The number of para-hydroxylation sites is 1. The lowest BCUT2D eigenvalue weighted by molar-refractivity contribution is 0.172. The quantitative estimate of drug-likeness (QED) is 0.471. The van der Waals surface area contributed by atoms with Crippen LogP contribution in [0.3, 0.4) is 0 Å². The molecule has 5 heteroatoms. The molecular weight excluding hydrogens is 338 g/mol. The van der Waals surface area contributed by atoms with Crippen molar-refractivity contribution in [2.45, 2.75) is 18.9 Å². The van der Waals surface area contributed by atoms with Crippen molar-refractivity contribution < 1.29 is 13.6 Å². The first-order chi connectivity index (χ1) is 7.72. The highest BCUT2D eigenvalue weighted by molar-refractivity contribution is 14.1. The van der Waals surface area contributed by atoms with E-state index in [1.807, 2.05) is 18.2 Å². The first-order valence-electron chi connectivity index (χ1n) is 5.30. The van der Waals surface area contributed by atoms with Crippen LogP contribution in [-0.4, -0.2) is 16.7 Å². The Hall–Kier alpha value is -0.0600. The lowest BCUT2D eigenvalue weighted by atomic mass is 10.2. The topological polar surface area (TPSA) is 35.5 Å². The number of hydrogen-bond donors (Lipinski definition) is 0. The van der Waals surface area contributed by atoms with Crippen LogP contribution in [0.2, 0.25) is 0 Å². The Morgan fingerprint density at radius 1 is 1.44 bits per heavy atom. The average molecular weight is 352 g/mol. The fraction of sp³-hybridized carbons (Fsp3) is 0.455. The molecule has 16 heavy (non-hydrogen) atoms. The first-order valence-corrected chi connectivity index (χ1v) is 8.55. The molecule has 0 radical (unpaired) electrons. The predicted octanol–water partition coefficient (Wildman–Crippen LogP) is 3.87. The molecule has 0 aromatic heterocycles. The molecule has 0 aliphatic carbocycles. The van der Waals surface area contributed by atoms with E-state index in [-0.39, 0.29) is 6.10 Å². The Kier molecular flexibility index (Phi) is 4.27. The molecule has 2 rings (SSSR count). The van der Waals surface area contributed by atoms with E-state index in [9.17, 15) is 4.57 Å². The summed E-state index contributed by atoms with van der Waals surface area (Å²) in [4.78, 5) is 0. The van der Waals surface area contributed by atoms with Gasteiger partial charge in [0.1, 0.15) is 5.75 Å². The largest absolute Gasteiger partial charge is 0.424 e. The summed E-state index contributed by atoms with van der Waals surface area (Å²) in [6, 6.07) is 9.23. The molecule has 1 aromatic carbocycles. The Labute approximate surface area is 109 Å². The van der Waals surface area contributed by atoms with Crippen molar-refractivity contribution in [1.82, 2.24) is 0 Å². The molecule has 1 fully saturated rings. The van der Waals surface area contributed by atoms with Gasteiger partial charge >= 0.3 is 7.60 Å². The van der Waals surface area contributed by atoms with E-state index in [1.54, 1.807) is 12.1 Å². The molecule has 0 amide bonds. The maximum Gasteiger partial charge on any atom is 0.379 e. The van der Waals surface area contributed by atoms with Crippen molar-refractivity contribution in [3.05, 3.63) is 30.3 Å². The van der Waals surface area contributed by atoms with E-state index in [1.165, 1.54) is 0 Å². The zero-order valence-electron chi connectivity index (χ0n) is 8.84. The summed E-state index contributed by atoms with van der Waals surface area (Å²) in [5.41, 5.74) is 0. The number of alkyl halides is 1. The Balaban J connectivity index is 2.05. The van der Waals surface area contributed by atoms with E-state index in [0.29, 0.717) is 11.9 Å². The fourth-order valence-corrected chi connectivity index (χ4v) is 4.45. The number of hydrogen-bond acceptors (Lipinski definition) is 3. The molecule has 2 atom stereocenters. The summed E-state index contributed by atoms with van der Waals surface area (Å²) in [5, 5.41) is 0. The summed E-state index contributed by atoms with van der Waals surface area (Å²) in [7, 11) is -2.91. The summed E-state index contributed by atoms with van der Waals surface area (Å²) >= 11 is 2.25. The zero-order chi connectivity index (χ0) is 11.4. The lowest BCUT2D eigenvalue weighted by Crippen LogP contribution is -2.21. The maximum absolute atomic E-state index is 12.3. The Bertz CT molecular complexity index is 382. The number of halogens is 1. The Morgan fingerprint density at radius 2 is 2.19 bits per heavy atom. The van der Waals surface area contributed by atoms with Crippen molar-refractivity contribution in [1.29, 1.82) is 0 Å². The monoisotopic (exact) mass is 352 g/mol. The van der Waals surface area contributed by atoms with Gasteiger partial charge in [-0.15, -0.1) is 0 Å². The van der Waals surface area contributed by atoms with Gasteiger partial charge in [0, 0.05) is 4.43 Å². The summed E-state index contributed by atoms with van der Waals surface area (Å²) in [6.07, 6.45) is 2.49. The van der Waals surface area contributed by atoms with Crippen molar-refractivity contribution in [2.24, 2.45) is 0 Å². The SMILES string of the molecule is O=P1(Oc2ccccc2)CCCC(CI)O1. The standard InChI is InChI=1S/C11H14IO3P/c12-9-11-7-4-8-16(13,15-11)14-10-5-2-1-3-6-10/h1-3,5-6,11H,4,7-9H2. The highest BCUT2D eigenvalue weighted by Gasteiger charge is 2.33. The molecule has 1 aliphatic heterocycles. The van der Waals surface area contributed by atoms with Crippen LogP contribution in [0.15, 0.2) is 30.3 Å². The van der Waals surface area contributed by atoms with Gasteiger partial charge in [-0.3, -0.25) is 4.52 Å². The van der Waals surface area contributed by atoms with Gasteiger partial charge < -0.3 is 4.52 Å². The summed E-state index contributed by atoms with van der Waals surface area (Å²) in [6.45, 7) is 0. The van der Waals surface area contributed by atoms with Gasteiger partial charge in [-0.25, -0.2) is 4.57 Å². The molecule has 88 valence electrons. The minimum atomic E-state index is -2.91. The average Bonchev–Trinajstić information content (AvgIpc) is 2.29. The molecule has 0 N–H and O–H groups in total. The van der Waals surface area contributed by atoms with Gasteiger partial charge in [-0.05, 0) is 25.0 Å². The third-order valence-corrected chi connectivity index (χ3v) is 5.38. The first kappa shape index (κ1) is 12.4. The van der Waals surface area contributed by atoms with E-state index in [2.05, 4.69) is 22.6 Å². The number of benzene rings is 1. The normalized spacial score (nSPS) is 29.9. The van der Waals surface area contributed by atoms with Gasteiger partial charge in [-0.2, -0.15) is 0 Å². The molecule has 1 aliphatic rings. The van der Waals surface area contributed by atoms with Gasteiger partial charge in [0.25, 0.3) is 0 Å². The van der Waals surface area contributed by atoms with E-state index in [0.717, 1.165) is 17.3 Å². The van der Waals surface area contributed by atoms with Crippen LogP contribution in [0, 0.1) is 0 Å². The zero-order valence-corrected chi connectivity index (χ0v) is 11.9. The van der Waals surface area contributed by atoms with Gasteiger partial charge in [-0.1, -0.05) is 40.8 Å². The van der Waals surface area contributed by atoms with E-state index >= 15 is 0 Å². The van der Waals surface area contributed by atoms with Gasteiger partial charge in [0.2, 0.25) is 0 Å². The molecule has 1 saturated heterocycles. The lowest BCUT2D eigenvalue weighted by Gasteiger charge is -2.28. The third kappa shape index (κ3) is 3.22. The van der Waals surface area contributed by atoms with Crippen LogP contribution in [-0.2, 0) is 9.09 Å². The van der Waals surface area contributed by atoms with Gasteiger partial charge in [0.05, 0.1) is 12.3 Å². The smallest absolute Gasteiger partial charge is 0.379 e. The second kappa shape index (κ2) is 5.52. The number of rotatable bonds is 3. The van der Waals surface area contributed by atoms with Crippen LogP contribution in [0.1, 0.15) is 12.8 Å². The fourth-order valence-electron chi connectivity index (χ4n) is 1.66. The van der Waals surface area contributed by atoms with Gasteiger partial charge in [0.15, 0.2) is 0 Å². The van der Waals surface area contributed by atoms with Crippen LogP contribution in [0.5, 0.6) is 5.75 Å². The second-order valence-corrected chi connectivity index (χ2v) is 6.71.